The molecule has 1 amide bonds. The van der Waals surface area contributed by atoms with Crippen molar-refractivity contribution in [3.63, 3.8) is 0 Å². The van der Waals surface area contributed by atoms with Crippen molar-refractivity contribution in [1.29, 1.82) is 0 Å². The van der Waals surface area contributed by atoms with Crippen LogP contribution in [0.3, 0.4) is 0 Å². The van der Waals surface area contributed by atoms with Crippen LogP contribution in [0.1, 0.15) is 28.9 Å². The van der Waals surface area contributed by atoms with Crippen molar-refractivity contribution < 1.29 is 13.9 Å². The number of hydrogen-bond donors (Lipinski definition) is 2. The molecule has 2 aromatic rings. The molecule has 110 valence electrons. The lowest BCUT2D eigenvalue weighted by Crippen LogP contribution is -2.29. The van der Waals surface area contributed by atoms with Gasteiger partial charge in [0.2, 0.25) is 5.91 Å². The minimum absolute atomic E-state index is 0.331. The van der Waals surface area contributed by atoms with Crippen LogP contribution in [-0.2, 0) is 0 Å². The molecule has 4 nitrogen and oxygen atoms in total. The van der Waals surface area contributed by atoms with Gasteiger partial charge in [-0.05, 0) is 48.9 Å². The van der Waals surface area contributed by atoms with E-state index < -0.39 is 12.0 Å². The molecule has 4 N–H and O–H groups in total. The highest BCUT2D eigenvalue weighted by atomic mass is 19.1. The molecule has 2 rings (SSSR count). The average Bonchev–Trinajstić information content (AvgIpc) is 2.45. The molecule has 0 fully saturated rings. The summed E-state index contributed by atoms with van der Waals surface area (Å²) < 4.78 is 19.1. The Hall–Kier alpha value is -2.40. The van der Waals surface area contributed by atoms with Gasteiger partial charge in [0.25, 0.3) is 0 Å². The number of carbonyl (C=O) groups is 1. The number of ether oxygens (including phenoxy) is 1. The Morgan fingerprint density at radius 2 is 1.86 bits per heavy atom. The molecule has 0 saturated heterocycles. The largest absolute Gasteiger partial charge is 0.484 e. The van der Waals surface area contributed by atoms with Crippen molar-refractivity contribution in [1.82, 2.24) is 0 Å². The number of hydrogen-bond acceptors (Lipinski definition) is 3. The third-order valence-corrected chi connectivity index (χ3v) is 3.06. The third-order valence-electron chi connectivity index (χ3n) is 3.06. The first kappa shape index (κ1) is 15.0. The maximum absolute atomic E-state index is 13.3. The van der Waals surface area contributed by atoms with Gasteiger partial charge in [0, 0.05) is 11.6 Å². The van der Waals surface area contributed by atoms with E-state index in [9.17, 15) is 9.18 Å². The Labute approximate surface area is 122 Å². The van der Waals surface area contributed by atoms with Crippen LogP contribution in [0.2, 0.25) is 0 Å². The monoisotopic (exact) mass is 288 g/mol. The second-order valence-corrected chi connectivity index (χ2v) is 4.84. The predicted molar refractivity (Wildman–Crippen MR) is 78.4 cm³/mol. The second-order valence-electron chi connectivity index (χ2n) is 4.84. The second kappa shape index (κ2) is 6.37. The fraction of sp³-hybridized carbons (Fsp3) is 0.188. The van der Waals surface area contributed by atoms with Crippen molar-refractivity contribution >= 4 is 5.91 Å². The van der Waals surface area contributed by atoms with Crippen LogP contribution in [0, 0.1) is 5.82 Å². The fourth-order valence-electron chi connectivity index (χ4n) is 2.01. The fourth-order valence-corrected chi connectivity index (χ4v) is 2.01. The Balaban J connectivity index is 2.22. The molecule has 0 spiro atoms. The highest BCUT2D eigenvalue weighted by molar-refractivity contribution is 5.92. The zero-order valence-corrected chi connectivity index (χ0v) is 11.6. The van der Waals surface area contributed by atoms with Gasteiger partial charge in [-0.15, -0.1) is 0 Å². The molecule has 5 heteroatoms. The first-order valence-electron chi connectivity index (χ1n) is 6.55. The Bertz CT molecular complexity index is 626. The van der Waals surface area contributed by atoms with Crippen LogP contribution in [0.15, 0.2) is 48.5 Å². The summed E-state index contributed by atoms with van der Waals surface area (Å²) in [5, 5.41) is 0. The van der Waals surface area contributed by atoms with Crippen LogP contribution in [0.4, 0.5) is 4.39 Å². The third kappa shape index (κ3) is 3.79. The molecule has 0 aromatic heterocycles. The molecule has 2 unspecified atom stereocenters. The van der Waals surface area contributed by atoms with E-state index in [2.05, 4.69) is 0 Å². The van der Waals surface area contributed by atoms with E-state index in [4.69, 9.17) is 16.2 Å². The van der Waals surface area contributed by atoms with Crippen molar-refractivity contribution in [2.24, 2.45) is 11.5 Å². The van der Waals surface area contributed by atoms with Crippen LogP contribution in [0.25, 0.3) is 0 Å². The summed E-state index contributed by atoms with van der Waals surface area (Å²) in [6, 6.07) is 12.2. The zero-order valence-electron chi connectivity index (χ0n) is 11.6. The van der Waals surface area contributed by atoms with E-state index in [1.807, 2.05) is 0 Å². The van der Waals surface area contributed by atoms with Gasteiger partial charge in [-0.25, -0.2) is 4.39 Å². The normalized spacial score (nSPS) is 13.5. The van der Waals surface area contributed by atoms with Crippen LogP contribution in [-0.4, -0.2) is 11.9 Å². The van der Waals surface area contributed by atoms with Gasteiger partial charge < -0.3 is 16.2 Å². The van der Waals surface area contributed by atoms with Gasteiger partial charge >= 0.3 is 0 Å². The highest BCUT2D eigenvalue weighted by Crippen LogP contribution is 2.25. The average molecular weight is 288 g/mol. The highest BCUT2D eigenvalue weighted by Gasteiger charge is 2.19. The minimum atomic E-state index is -0.504. The molecular weight excluding hydrogens is 271 g/mol. The lowest BCUT2D eigenvalue weighted by Gasteiger charge is -2.23. The van der Waals surface area contributed by atoms with E-state index in [1.54, 1.807) is 43.3 Å². The molecule has 0 heterocycles. The Morgan fingerprint density at radius 1 is 1.19 bits per heavy atom. The maximum Gasteiger partial charge on any atom is 0.248 e. The number of benzene rings is 2. The molecule has 0 saturated carbocycles. The zero-order chi connectivity index (χ0) is 15.4. The number of rotatable bonds is 5. The van der Waals surface area contributed by atoms with Gasteiger partial charge in [-0.2, -0.15) is 0 Å². The van der Waals surface area contributed by atoms with E-state index in [1.165, 1.54) is 12.1 Å². The quantitative estimate of drug-likeness (QED) is 0.886. The molecule has 0 aliphatic rings. The van der Waals surface area contributed by atoms with Gasteiger partial charge in [0.1, 0.15) is 17.7 Å². The van der Waals surface area contributed by atoms with Crippen LogP contribution < -0.4 is 16.2 Å². The summed E-state index contributed by atoms with van der Waals surface area (Å²) in [6.07, 6.45) is -0.486. The molecule has 21 heavy (non-hydrogen) atoms. The number of halogens is 1. The summed E-state index contributed by atoms with van der Waals surface area (Å²) in [5.41, 5.74) is 12.2. The Morgan fingerprint density at radius 3 is 2.38 bits per heavy atom. The number of carbonyl (C=O) groups excluding carboxylic acids is 1. The van der Waals surface area contributed by atoms with Gasteiger partial charge in [0.15, 0.2) is 0 Å². The topological polar surface area (TPSA) is 78.3 Å². The summed E-state index contributed by atoms with van der Waals surface area (Å²) in [6.45, 7) is 1.79. The van der Waals surface area contributed by atoms with E-state index >= 15 is 0 Å². The lowest BCUT2D eigenvalue weighted by molar-refractivity contribution is 0.1000. The standard InChI is InChI=1S/C16H17FN2O2/c1-10(18)15(12-3-2-4-13(17)9-12)21-14-7-5-11(6-8-14)16(19)20/h2-10,15H,18H2,1H3,(H2,19,20). The van der Waals surface area contributed by atoms with E-state index in [0.29, 0.717) is 16.9 Å². The van der Waals surface area contributed by atoms with Crippen LogP contribution in [0.5, 0.6) is 5.75 Å². The maximum atomic E-state index is 13.3. The molecule has 0 bridgehead atoms. The van der Waals surface area contributed by atoms with E-state index in [-0.39, 0.29) is 11.9 Å². The molecule has 0 aliphatic carbocycles. The Kier molecular flexibility index (Phi) is 4.55. The van der Waals surface area contributed by atoms with Crippen molar-refractivity contribution in [2.45, 2.75) is 19.1 Å². The summed E-state index contributed by atoms with van der Waals surface area (Å²) in [4.78, 5) is 11.0. The summed E-state index contributed by atoms with van der Waals surface area (Å²) in [7, 11) is 0. The summed E-state index contributed by atoms with van der Waals surface area (Å²) in [5.74, 6) is -0.312. The molecule has 0 aliphatic heterocycles. The predicted octanol–water partition coefficient (Wildman–Crippen LogP) is 2.39. The summed E-state index contributed by atoms with van der Waals surface area (Å²) >= 11 is 0. The first-order valence-corrected chi connectivity index (χ1v) is 6.55. The number of nitrogens with two attached hydrogens (primary N) is 2. The lowest BCUT2D eigenvalue weighted by atomic mass is 10.0. The molecular formula is C16H17FN2O2. The van der Waals surface area contributed by atoms with Crippen molar-refractivity contribution in [3.8, 4) is 5.75 Å². The van der Waals surface area contributed by atoms with E-state index in [0.717, 1.165) is 0 Å². The van der Waals surface area contributed by atoms with Crippen molar-refractivity contribution in [2.75, 3.05) is 0 Å². The number of amides is 1. The van der Waals surface area contributed by atoms with Crippen molar-refractivity contribution in [3.05, 3.63) is 65.5 Å². The molecule has 2 atom stereocenters. The molecule has 0 radical (unpaired) electrons. The SMILES string of the molecule is CC(N)C(Oc1ccc(C(N)=O)cc1)c1cccc(F)c1. The van der Waals surface area contributed by atoms with Crippen LogP contribution >= 0.6 is 0 Å². The first-order chi connectivity index (χ1) is 9.97. The van der Waals surface area contributed by atoms with Gasteiger partial charge in [-0.3, -0.25) is 4.79 Å². The van der Waals surface area contributed by atoms with Gasteiger partial charge in [0.05, 0.1) is 0 Å². The van der Waals surface area contributed by atoms with Gasteiger partial charge in [-0.1, -0.05) is 12.1 Å². The molecule has 2 aromatic carbocycles. The smallest absolute Gasteiger partial charge is 0.248 e. The number of primary amides is 1. The minimum Gasteiger partial charge on any atom is -0.484 e.